The van der Waals surface area contributed by atoms with E-state index in [9.17, 15) is 4.79 Å². The van der Waals surface area contributed by atoms with E-state index in [-0.39, 0.29) is 0 Å². The standard InChI is InChI=1S/C12H11N3O/c1-10-5-6-11(12(8-10)9-16)4-2-3-7-14-15-13/h5-6,8-9H,3,7H2,1H3. The van der Waals surface area contributed by atoms with E-state index >= 15 is 0 Å². The summed E-state index contributed by atoms with van der Waals surface area (Å²) in [4.78, 5) is 13.4. The molecule has 0 atom stereocenters. The molecule has 0 radical (unpaired) electrons. The van der Waals surface area contributed by atoms with E-state index in [0.717, 1.165) is 11.8 Å². The third-order valence-electron chi connectivity index (χ3n) is 1.96. The Morgan fingerprint density at radius 3 is 3.06 bits per heavy atom. The zero-order valence-corrected chi connectivity index (χ0v) is 8.97. The summed E-state index contributed by atoms with van der Waals surface area (Å²) in [5.74, 6) is 5.74. The topological polar surface area (TPSA) is 65.8 Å². The fourth-order valence-electron chi connectivity index (χ4n) is 1.20. The van der Waals surface area contributed by atoms with Gasteiger partial charge in [0, 0.05) is 29.0 Å². The second-order valence-electron chi connectivity index (χ2n) is 3.21. The summed E-state index contributed by atoms with van der Waals surface area (Å²) in [6, 6.07) is 5.52. The van der Waals surface area contributed by atoms with Crippen LogP contribution in [0.4, 0.5) is 0 Å². The first kappa shape index (κ1) is 11.8. The number of carbonyl (C=O) groups is 1. The van der Waals surface area contributed by atoms with Crippen LogP contribution in [-0.2, 0) is 0 Å². The molecule has 1 rings (SSSR count). The molecule has 16 heavy (non-hydrogen) atoms. The van der Waals surface area contributed by atoms with E-state index in [2.05, 4.69) is 21.9 Å². The normalized spacial score (nSPS) is 8.56. The van der Waals surface area contributed by atoms with Gasteiger partial charge >= 0.3 is 0 Å². The van der Waals surface area contributed by atoms with Gasteiger partial charge in [-0.1, -0.05) is 28.6 Å². The highest BCUT2D eigenvalue weighted by molar-refractivity contribution is 5.79. The molecule has 4 heteroatoms. The van der Waals surface area contributed by atoms with Gasteiger partial charge < -0.3 is 0 Å². The molecule has 0 saturated heterocycles. The van der Waals surface area contributed by atoms with E-state index in [1.165, 1.54) is 0 Å². The largest absolute Gasteiger partial charge is 0.298 e. The van der Waals surface area contributed by atoms with Crippen LogP contribution >= 0.6 is 0 Å². The van der Waals surface area contributed by atoms with Gasteiger partial charge in [-0.15, -0.1) is 0 Å². The summed E-state index contributed by atoms with van der Waals surface area (Å²) in [5, 5.41) is 3.37. The molecule has 0 bridgehead atoms. The number of azide groups is 1. The molecule has 1 aromatic carbocycles. The minimum Gasteiger partial charge on any atom is -0.298 e. The van der Waals surface area contributed by atoms with Crippen LogP contribution in [0.15, 0.2) is 23.3 Å². The number of aryl methyl sites for hydroxylation is 1. The molecular weight excluding hydrogens is 202 g/mol. The number of benzene rings is 1. The summed E-state index contributed by atoms with van der Waals surface area (Å²) in [7, 11) is 0. The highest BCUT2D eigenvalue weighted by atomic mass is 16.1. The lowest BCUT2D eigenvalue weighted by molar-refractivity contribution is 0.112. The molecule has 0 amide bonds. The lowest BCUT2D eigenvalue weighted by Crippen LogP contribution is -1.88. The number of aldehydes is 1. The lowest BCUT2D eigenvalue weighted by atomic mass is 10.1. The predicted octanol–water partition coefficient (Wildman–Crippen LogP) is 2.86. The van der Waals surface area contributed by atoms with Crippen molar-refractivity contribution in [2.75, 3.05) is 6.54 Å². The van der Waals surface area contributed by atoms with Crippen LogP contribution in [-0.4, -0.2) is 12.8 Å². The average Bonchev–Trinajstić information content (AvgIpc) is 2.30. The molecule has 0 aliphatic heterocycles. The summed E-state index contributed by atoms with van der Waals surface area (Å²) in [6.45, 7) is 2.28. The van der Waals surface area contributed by atoms with Crippen molar-refractivity contribution < 1.29 is 4.79 Å². The lowest BCUT2D eigenvalue weighted by Gasteiger charge is -1.97. The number of rotatable bonds is 3. The van der Waals surface area contributed by atoms with Crippen LogP contribution in [0.2, 0.25) is 0 Å². The Morgan fingerprint density at radius 2 is 2.38 bits per heavy atom. The third-order valence-corrected chi connectivity index (χ3v) is 1.96. The Balaban J connectivity index is 2.79. The summed E-state index contributed by atoms with van der Waals surface area (Å²) >= 11 is 0. The fraction of sp³-hybridized carbons (Fsp3) is 0.250. The van der Waals surface area contributed by atoms with Crippen LogP contribution in [0.25, 0.3) is 10.4 Å². The SMILES string of the molecule is Cc1ccc(C#CCCN=[N+]=[N-])c(C=O)c1. The van der Waals surface area contributed by atoms with Crippen LogP contribution in [0.5, 0.6) is 0 Å². The van der Waals surface area contributed by atoms with Gasteiger partial charge in [0.2, 0.25) is 0 Å². The van der Waals surface area contributed by atoms with Crippen molar-refractivity contribution in [3.05, 3.63) is 45.3 Å². The van der Waals surface area contributed by atoms with E-state index in [1.54, 1.807) is 6.07 Å². The first-order valence-electron chi connectivity index (χ1n) is 4.83. The predicted molar refractivity (Wildman–Crippen MR) is 62.1 cm³/mol. The summed E-state index contributed by atoms with van der Waals surface area (Å²) in [5.41, 5.74) is 10.4. The smallest absolute Gasteiger partial charge is 0.151 e. The Labute approximate surface area is 93.9 Å². The Hall–Kier alpha value is -2.24. The van der Waals surface area contributed by atoms with Gasteiger partial charge in [-0.05, 0) is 24.6 Å². The molecule has 0 aliphatic rings. The highest BCUT2D eigenvalue weighted by Crippen LogP contribution is 2.08. The van der Waals surface area contributed by atoms with Crippen molar-refractivity contribution in [3.63, 3.8) is 0 Å². The Kier molecular flexibility index (Phi) is 4.65. The molecular formula is C12H11N3O. The van der Waals surface area contributed by atoms with Gasteiger partial charge in [0.25, 0.3) is 0 Å². The quantitative estimate of drug-likeness (QED) is 0.190. The maximum absolute atomic E-state index is 10.8. The van der Waals surface area contributed by atoms with Crippen LogP contribution in [0, 0.1) is 18.8 Å². The van der Waals surface area contributed by atoms with Gasteiger partial charge in [-0.25, -0.2) is 0 Å². The van der Waals surface area contributed by atoms with Crippen LogP contribution in [0.3, 0.4) is 0 Å². The molecule has 0 aromatic heterocycles. The molecule has 0 aliphatic carbocycles. The summed E-state index contributed by atoms with van der Waals surface area (Å²) < 4.78 is 0. The second-order valence-corrected chi connectivity index (χ2v) is 3.21. The molecule has 0 fully saturated rings. The van der Waals surface area contributed by atoms with Crippen molar-refractivity contribution in [1.82, 2.24) is 0 Å². The first-order valence-corrected chi connectivity index (χ1v) is 4.83. The fourth-order valence-corrected chi connectivity index (χ4v) is 1.20. The zero-order valence-electron chi connectivity index (χ0n) is 8.97. The van der Waals surface area contributed by atoms with Crippen LogP contribution in [0.1, 0.15) is 27.9 Å². The van der Waals surface area contributed by atoms with Gasteiger partial charge in [0.05, 0.1) is 0 Å². The van der Waals surface area contributed by atoms with E-state index in [1.807, 2.05) is 19.1 Å². The third kappa shape index (κ3) is 3.49. The first-order chi connectivity index (χ1) is 7.77. The molecule has 0 N–H and O–H groups in total. The van der Waals surface area contributed by atoms with Crippen molar-refractivity contribution in [3.8, 4) is 11.8 Å². The Morgan fingerprint density at radius 1 is 1.56 bits per heavy atom. The van der Waals surface area contributed by atoms with E-state index < -0.39 is 0 Å². The molecule has 0 saturated carbocycles. The number of hydrogen-bond donors (Lipinski definition) is 0. The van der Waals surface area contributed by atoms with Crippen molar-refractivity contribution in [1.29, 1.82) is 0 Å². The minimum absolute atomic E-state index is 0.353. The van der Waals surface area contributed by atoms with E-state index in [0.29, 0.717) is 24.1 Å². The molecule has 4 nitrogen and oxygen atoms in total. The highest BCUT2D eigenvalue weighted by Gasteiger charge is 1.97. The van der Waals surface area contributed by atoms with Crippen molar-refractivity contribution in [2.24, 2.45) is 5.11 Å². The van der Waals surface area contributed by atoms with Crippen LogP contribution < -0.4 is 0 Å². The maximum Gasteiger partial charge on any atom is 0.151 e. The molecule has 0 heterocycles. The number of nitrogens with zero attached hydrogens (tertiary/aromatic N) is 3. The summed E-state index contributed by atoms with van der Waals surface area (Å²) in [6.07, 6.45) is 1.29. The van der Waals surface area contributed by atoms with Gasteiger partial charge in [0.1, 0.15) is 0 Å². The molecule has 80 valence electrons. The van der Waals surface area contributed by atoms with Crippen molar-refractivity contribution in [2.45, 2.75) is 13.3 Å². The van der Waals surface area contributed by atoms with Gasteiger partial charge in [0.15, 0.2) is 6.29 Å². The molecule has 1 aromatic rings. The zero-order chi connectivity index (χ0) is 11.8. The average molecular weight is 213 g/mol. The van der Waals surface area contributed by atoms with Gasteiger partial charge in [-0.3, -0.25) is 4.79 Å². The molecule has 0 spiro atoms. The number of hydrogen-bond acceptors (Lipinski definition) is 2. The maximum atomic E-state index is 10.8. The Bertz CT molecular complexity index is 491. The number of carbonyl (C=O) groups excluding carboxylic acids is 1. The second kappa shape index (κ2) is 6.28. The minimum atomic E-state index is 0.353. The molecule has 0 unspecified atom stereocenters. The van der Waals surface area contributed by atoms with Crippen molar-refractivity contribution >= 4 is 6.29 Å². The monoisotopic (exact) mass is 213 g/mol. The van der Waals surface area contributed by atoms with E-state index in [4.69, 9.17) is 5.53 Å². The van der Waals surface area contributed by atoms with Gasteiger partial charge in [-0.2, -0.15) is 0 Å².